The second-order valence-corrected chi connectivity index (χ2v) is 6.42. The number of rotatable bonds is 3. The van der Waals surface area contributed by atoms with Crippen LogP contribution in [0.3, 0.4) is 0 Å². The van der Waals surface area contributed by atoms with Crippen molar-refractivity contribution in [2.75, 3.05) is 16.8 Å². The lowest BCUT2D eigenvalue weighted by molar-refractivity contribution is -0.114. The van der Waals surface area contributed by atoms with Gasteiger partial charge in [-0.3, -0.25) is 4.79 Å². The molecule has 2 aromatic heterocycles. The molecule has 3 rings (SSSR count). The minimum absolute atomic E-state index is 0.0955. The molecule has 0 saturated carbocycles. The lowest BCUT2D eigenvalue weighted by Gasteiger charge is -2.23. The van der Waals surface area contributed by atoms with Crippen molar-refractivity contribution in [1.29, 1.82) is 0 Å². The van der Waals surface area contributed by atoms with E-state index in [0.29, 0.717) is 5.13 Å². The van der Waals surface area contributed by atoms with Crippen LogP contribution in [0.5, 0.6) is 0 Å². The maximum absolute atomic E-state index is 11.1. The standard InChI is InChI=1S/C15H19N5OS/c1-9-7-10(2)17-14(16-9)20-6-4-5-13(20)12-8-22-15(19-12)18-11(3)21/h7-8,13H,4-6H2,1-3H3,(H,18,19,21)/t13-/m0/s1. The smallest absolute Gasteiger partial charge is 0.226 e. The molecule has 1 atom stereocenters. The van der Waals surface area contributed by atoms with Crippen LogP contribution in [-0.2, 0) is 4.79 Å². The average molecular weight is 317 g/mol. The molecule has 1 amide bonds. The van der Waals surface area contributed by atoms with Crippen LogP contribution in [0.4, 0.5) is 11.1 Å². The number of carbonyl (C=O) groups is 1. The molecule has 1 aliphatic rings. The van der Waals surface area contributed by atoms with E-state index in [1.807, 2.05) is 25.3 Å². The molecule has 0 aromatic carbocycles. The molecule has 3 heterocycles. The molecule has 1 fully saturated rings. The van der Waals surface area contributed by atoms with Crippen LogP contribution in [-0.4, -0.2) is 27.4 Å². The summed E-state index contributed by atoms with van der Waals surface area (Å²) in [6.45, 7) is 6.40. The van der Waals surface area contributed by atoms with Crippen molar-refractivity contribution >= 4 is 28.3 Å². The minimum atomic E-state index is -0.0955. The monoisotopic (exact) mass is 317 g/mol. The van der Waals surface area contributed by atoms with Gasteiger partial charge >= 0.3 is 0 Å². The zero-order valence-electron chi connectivity index (χ0n) is 13.0. The summed E-state index contributed by atoms with van der Waals surface area (Å²) in [7, 11) is 0. The van der Waals surface area contributed by atoms with Gasteiger partial charge in [0.2, 0.25) is 11.9 Å². The van der Waals surface area contributed by atoms with Gasteiger partial charge in [-0.05, 0) is 32.8 Å². The molecular weight excluding hydrogens is 298 g/mol. The first-order valence-corrected chi connectivity index (χ1v) is 8.23. The molecule has 1 saturated heterocycles. The highest BCUT2D eigenvalue weighted by atomic mass is 32.1. The quantitative estimate of drug-likeness (QED) is 0.942. The molecule has 0 radical (unpaired) electrons. The van der Waals surface area contributed by atoms with E-state index in [9.17, 15) is 4.79 Å². The predicted octanol–water partition coefficient (Wildman–Crippen LogP) is 2.85. The Morgan fingerprint density at radius 1 is 1.32 bits per heavy atom. The molecule has 6 nitrogen and oxygen atoms in total. The number of aryl methyl sites for hydroxylation is 2. The molecule has 0 unspecified atom stereocenters. The average Bonchev–Trinajstić information content (AvgIpc) is 3.04. The number of anilines is 2. The predicted molar refractivity (Wildman–Crippen MR) is 87.2 cm³/mol. The third-order valence-electron chi connectivity index (χ3n) is 3.63. The van der Waals surface area contributed by atoms with Crippen LogP contribution in [0.25, 0.3) is 0 Å². The van der Waals surface area contributed by atoms with Crippen molar-refractivity contribution < 1.29 is 4.79 Å². The number of carbonyl (C=O) groups excluding carboxylic acids is 1. The number of amides is 1. The lowest BCUT2D eigenvalue weighted by atomic mass is 10.2. The zero-order valence-corrected chi connectivity index (χ0v) is 13.8. The van der Waals surface area contributed by atoms with Crippen molar-refractivity contribution in [3.63, 3.8) is 0 Å². The van der Waals surface area contributed by atoms with Gasteiger partial charge in [0, 0.05) is 30.2 Å². The molecule has 116 valence electrons. The van der Waals surface area contributed by atoms with Gasteiger partial charge in [-0.2, -0.15) is 0 Å². The number of aromatic nitrogens is 3. The fraction of sp³-hybridized carbons (Fsp3) is 0.467. The van der Waals surface area contributed by atoms with Gasteiger partial charge in [-0.25, -0.2) is 15.0 Å². The first-order chi connectivity index (χ1) is 10.5. The van der Waals surface area contributed by atoms with Crippen LogP contribution in [0, 0.1) is 13.8 Å². The van der Waals surface area contributed by atoms with E-state index >= 15 is 0 Å². The summed E-state index contributed by atoms with van der Waals surface area (Å²) in [6, 6.07) is 2.16. The summed E-state index contributed by atoms with van der Waals surface area (Å²) in [5.41, 5.74) is 2.93. The van der Waals surface area contributed by atoms with E-state index in [4.69, 9.17) is 0 Å². The summed E-state index contributed by atoms with van der Waals surface area (Å²) < 4.78 is 0. The Hall–Kier alpha value is -2.02. The third kappa shape index (κ3) is 3.09. The molecule has 1 aliphatic heterocycles. The van der Waals surface area contributed by atoms with Gasteiger partial charge < -0.3 is 10.2 Å². The third-order valence-corrected chi connectivity index (χ3v) is 4.40. The molecular formula is C15H19N5OS. The van der Waals surface area contributed by atoms with E-state index < -0.39 is 0 Å². The van der Waals surface area contributed by atoms with Gasteiger partial charge in [0.15, 0.2) is 5.13 Å². The summed E-state index contributed by atoms with van der Waals surface area (Å²) in [4.78, 5) is 27.0. The second-order valence-electron chi connectivity index (χ2n) is 5.56. The van der Waals surface area contributed by atoms with Crippen LogP contribution in [0.1, 0.15) is 42.9 Å². The molecule has 22 heavy (non-hydrogen) atoms. The van der Waals surface area contributed by atoms with Gasteiger partial charge in [0.05, 0.1) is 11.7 Å². The highest BCUT2D eigenvalue weighted by molar-refractivity contribution is 7.13. The molecule has 2 aromatic rings. The van der Waals surface area contributed by atoms with E-state index in [-0.39, 0.29) is 11.9 Å². The first-order valence-electron chi connectivity index (χ1n) is 7.35. The number of thiazole rings is 1. The maximum atomic E-state index is 11.1. The summed E-state index contributed by atoms with van der Waals surface area (Å²) in [5, 5.41) is 5.40. The van der Waals surface area contributed by atoms with Crippen LogP contribution in [0.15, 0.2) is 11.4 Å². The van der Waals surface area contributed by atoms with E-state index in [1.165, 1.54) is 18.3 Å². The largest absolute Gasteiger partial charge is 0.332 e. The fourth-order valence-corrected chi connectivity index (χ4v) is 3.60. The summed E-state index contributed by atoms with van der Waals surface area (Å²) in [6.07, 6.45) is 2.12. The Morgan fingerprint density at radius 2 is 2.05 bits per heavy atom. The summed E-state index contributed by atoms with van der Waals surface area (Å²) in [5.74, 6) is 0.677. The van der Waals surface area contributed by atoms with Gasteiger partial charge in [0.25, 0.3) is 0 Å². The van der Waals surface area contributed by atoms with Crippen molar-refractivity contribution in [3.05, 3.63) is 28.5 Å². The molecule has 7 heteroatoms. The Bertz CT molecular complexity index is 679. The van der Waals surface area contributed by atoms with Crippen LogP contribution in [0.2, 0.25) is 0 Å². The molecule has 1 N–H and O–H groups in total. The maximum Gasteiger partial charge on any atom is 0.226 e. The van der Waals surface area contributed by atoms with Crippen LogP contribution < -0.4 is 10.2 Å². The van der Waals surface area contributed by atoms with E-state index in [0.717, 1.165) is 42.4 Å². The van der Waals surface area contributed by atoms with Gasteiger partial charge in [-0.1, -0.05) is 0 Å². The Kier molecular flexibility index (Phi) is 4.06. The normalized spacial score (nSPS) is 17.8. The second kappa shape index (κ2) is 6.00. The minimum Gasteiger partial charge on any atom is -0.332 e. The highest BCUT2D eigenvalue weighted by Gasteiger charge is 2.30. The SMILES string of the molecule is CC(=O)Nc1nc([C@@H]2CCCN2c2nc(C)cc(C)n2)cs1. The van der Waals surface area contributed by atoms with Gasteiger partial charge in [0.1, 0.15) is 0 Å². The first kappa shape index (κ1) is 14.9. The number of hydrogen-bond donors (Lipinski definition) is 1. The molecule has 0 spiro atoms. The van der Waals surface area contributed by atoms with E-state index in [1.54, 1.807) is 0 Å². The topological polar surface area (TPSA) is 71.0 Å². The molecule has 0 aliphatic carbocycles. The number of nitrogens with one attached hydrogen (secondary N) is 1. The Labute approximate surface area is 133 Å². The fourth-order valence-electron chi connectivity index (χ4n) is 2.80. The number of nitrogens with zero attached hydrogens (tertiary/aromatic N) is 4. The summed E-state index contributed by atoms with van der Waals surface area (Å²) >= 11 is 1.46. The molecule has 0 bridgehead atoms. The number of hydrogen-bond acceptors (Lipinski definition) is 6. The van der Waals surface area contributed by atoms with Crippen molar-refractivity contribution in [1.82, 2.24) is 15.0 Å². The zero-order chi connectivity index (χ0) is 15.7. The van der Waals surface area contributed by atoms with Crippen molar-refractivity contribution in [2.45, 2.75) is 39.7 Å². The van der Waals surface area contributed by atoms with Gasteiger partial charge in [-0.15, -0.1) is 11.3 Å². The van der Waals surface area contributed by atoms with Crippen molar-refractivity contribution in [3.8, 4) is 0 Å². The van der Waals surface area contributed by atoms with Crippen LogP contribution >= 0.6 is 11.3 Å². The highest BCUT2D eigenvalue weighted by Crippen LogP contribution is 2.35. The Balaban J connectivity index is 1.86. The van der Waals surface area contributed by atoms with Crippen molar-refractivity contribution in [2.24, 2.45) is 0 Å². The lowest BCUT2D eigenvalue weighted by Crippen LogP contribution is -2.25. The van der Waals surface area contributed by atoms with E-state index in [2.05, 4.69) is 25.2 Å². The Morgan fingerprint density at radius 3 is 2.73 bits per heavy atom.